The standard InChI is InChI=1S/C34H44N2O5/c1-26-7-3-4-8-32(26)39-21-6-20-38-29-12-10-28(11-13-29)30-15-16-35-24-34(30)41-25-27-9-14-33-31(23-27)36(18-22-40-33)17-5-19-37-2/h3-4,7-14,23,30,34-35H,5-6,15-22,24-25H2,1-2H3. The summed E-state index contributed by atoms with van der Waals surface area (Å²) in [5.74, 6) is 3.13. The van der Waals surface area contributed by atoms with Crippen LogP contribution in [0.1, 0.15) is 41.9 Å². The number of benzene rings is 3. The second-order valence-corrected chi connectivity index (χ2v) is 10.8. The number of hydrogen-bond acceptors (Lipinski definition) is 7. The highest BCUT2D eigenvalue weighted by Gasteiger charge is 2.27. The summed E-state index contributed by atoms with van der Waals surface area (Å²) in [5, 5.41) is 3.52. The summed E-state index contributed by atoms with van der Waals surface area (Å²) in [7, 11) is 1.75. The largest absolute Gasteiger partial charge is 0.493 e. The number of ether oxygens (including phenoxy) is 5. The van der Waals surface area contributed by atoms with E-state index in [1.165, 1.54) is 11.1 Å². The highest BCUT2D eigenvalue weighted by atomic mass is 16.5. The van der Waals surface area contributed by atoms with E-state index in [0.29, 0.717) is 25.7 Å². The summed E-state index contributed by atoms with van der Waals surface area (Å²) < 4.78 is 29.6. The van der Waals surface area contributed by atoms with Crippen LogP contribution in [-0.2, 0) is 16.1 Å². The molecule has 3 aromatic rings. The summed E-state index contributed by atoms with van der Waals surface area (Å²) >= 11 is 0. The molecular formula is C34H44N2O5. The molecule has 5 rings (SSSR count). The van der Waals surface area contributed by atoms with Crippen LogP contribution in [-0.4, -0.2) is 65.8 Å². The van der Waals surface area contributed by atoms with Crippen molar-refractivity contribution in [1.29, 1.82) is 0 Å². The number of anilines is 1. The molecule has 1 N–H and O–H groups in total. The molecule has 1 fully saturated rings. The van der Waals surface area contributed by atoms with Crippen LogP contribution in [0.25, 0.3) is 0 Å². The van der Waals surface area contributed by atoms with Crippen LogP contribution in [0.5, 0.6) is 17.2 Å². The number of fused-ring (bicyclic) bond motifs is 1. The van der Waals surface area contributed by atoms with E-state index in [2.05, 4.69) is 65.7 Å². The van der Waals surface area contributed by atoms with Crippen molar-refractivity contribution >= 4 is 5.69 Å². The molecule has 0 amide bonds. The molecule has 2 aliphatic rings. The van der Waals surface area contributed by atoms with Crippen molar-refractivity contribution < 1.29 is 23.7 Å². The molecule has 2 aliphatic heterocycles. The van der Waals surface area contributed by atoms with Crippen molar-refractivity contribution in [2.24, 2.45) is 0 Å². The Morgan fingerprint density at radius 3 is 2.66 bits per heavy atom. The Bertz CT molecular complexity index is 1220. The van der Waals surface area contributed by atoms with Gasteiger partial charge in [0.15, 0.2) is 0 Å². The average Bonchev–Trinajstić information content (AvgIpc) is 3.01. The number of para-hydroxylation sites is 1. The Kier molecular flexibility index (Phi) is 10.8. The lowest BCUT2D eigenvalue weighted by Crippen LogP contribution is -2.41. The number of nitrogens with one attached hydrogen (secondary N) is 1. The molecule has 2 unspecified atom stereocenters. The van der Waals surface area contributed by atoms with Gasteiger partial charge < -0.3 is 33.9 Å². The van der Waals surface area contributed by atoms with Crippen molar-refractivity contribution in [1.82, 2.24) is 5.32 Å². The van der Waals surface area contributed by atoms with Gasteiger partial charge in [0.2, 0.25) is 0 Å². The van der Waals surface area contributed by atoms with Crippen LogP contribution in [0, 0.1) is 6.92 Å². The first-order valence-corrected chi connectivity index (χ1v) is 14.9. The van der Waals surface area contributed by atoms with Crippen LogP contribution in [0.15, 0.2) is 66.7 Å². The summed E-state index contributed by atoms with van der Waals surface area (Å²) in [6, 6.07) is 23.1. The lowest BCUT2D eigenvalue weighted by Gasteiger charge is -2.33. The Morgan fingerprint density at radius 2 is 1.80 bits per heavy atom. The minimum absolute atomic E-state index is 0.110. The van der Waals surface area contributed by atoms with Gasteiger partial charge in [0, 0.05) is 39.1 Å². The number of aryl methyl sites for hydroxylation is 1. The van der Waals surface area contributed by atoms with E-state index in [1.807, 2.05) is 18.2 Å². The second kappa shape index (κ2) is 15.1. The minimum Gasteiger partial charge on any atom is -0.493 e. The summed E-state index contributed by atoms with van der Waals surface area (Å²) in [6.45, 7) is 9.10. The normalized spacial score (nSPS) is 18.4. The Hall–Kier alpha value is -3.26. The summed E-state index contributed by atoms with van der Waals surface area (Å²) in [5.41, 5.74) is 4.78. The van der Waals surface area contributed by atoms with Crippen molar-refractivity contribution in [3.05, 3.63) is 83.4 Å². The maximum Gasteiger partial charge on any atom is 0.142 e. The fourth-order valence-electron chi connectivity index (χ4n) is 5.59. The van der Waals surface area contributed by atoms with E-state index in [-0.39, 0.29) is 6.10 Å². The Balaban J connectivity index is 1.11. The van der Waals surface area contributed by atoms with Gasteiger partial charge in [-0.15, -0.1) is 0 Å². The zero-order valence-corrected chi connectivity index (χ0v) is 24.5. The van der Waals surface area contributed by atoms with Gasteiger partial charge >= 0.3 is 0 Å². The average molecular weight is 561 g/mol. The van der Waals surface area contributed by atoms with Crippen LogP contribution < -0.4 is 24.4 Å². The molecule has 1 saturated heterocycles. The van der Waals surface area contributed by atoms with Gasteiger partial charge in [0.05, 0.1) is 38.2 Å². The first-order chi connectivity index (χ1) is 20.2. The molecule has 7 heteroatoms. The third-order valence-electron chi connectivity index (χ3n) is 7.87. The molecule has 0 radical (unpaired) electrons. The van der Waals surface area contributed by atoms with E-state index < -0.39 is 0 Å². The number of methoxy groups -OCH3 is 1. The van der Waals surface area contributed by atoms with Crippen LogP contribution >= 0.6 is 0 Å². The molecule has 0 spiro atoms. The first-order valence-electron chi connectivity index (χ1n) is 14.9. The molecule has 2 heterocycles. The molecule has 2 atom stereocenters. The van der Waals surface area contributed by atoms with E-state index in [0.717, 1.165) is 87.2 Å². The van der Waals surface area contributed by atoms with Gasteiger partial charge in [0.1, 0.15) is 23.9 Å². The van der Waals surface area contributed by atoms with Gasteiger partial charge in [-0.1, -0.05) is 36.4 Å². The molecule has 0 aliphatic carbocycles. The predicted molar refractivity (Wildman–Crippen MR) is 163 cm³/mol. The minimum atomic E-state index is 0.110. The summed E-state index contributed by atoms with van der Waals surface area (Å²) in [6.07, 6.45) is 2.99. The molecule has 0 bridgehead atoms. The van der Waals surface area contributed by atoms with Crippen molar-refractivity contribution in [3.8, 4) is 17.2 Å². The smallest absolute Gasteiger partial charge is 0.142 e. The zero-order chi connectivity index (χ0) is 28.3. The molecule has 3 aromatic carbocycles. The van der Waals surface area contributed by atoms with E-state index >= 15 is 0 Å². The molecular weight excluding hydrogens is 516 g/mol. The topological polar surface area (TPSA) is 61.4 Å². The number of piperidine rings is 1. The fraction of sp³-hybridized carbons (Fsp3) is 0.471. The van der Waals surface area contributed by atoms with Gasteiger partial charge in [-0.3, -0.25) is 0 Å². The number of nitrogens with zero attached hydrogens (tertiary/aromatic N) is 1. The molecule has 0 aromatic heterocycles. The van der Waals surface area contributed by atoms with Crippen molar-refractivity contribution in [3.63, 3.8) is 0 Å². The van der Waals surface area contributed by atoms with Gasteiger partial charge in [-0.05, 0) is 73.3 Å². The van der Waals surface area contributed by atoms with E-state index in [4.69, 9.17) is 23.7 Å². The third-order valence-corrected chi connectivity index (χ3v) is 7.87. The number of rotatable bonds is 14. The van der Waals surface area contributed by atoms with Crippen LogP contribution in [0.2, 0.25) is 0 Å². The highest BCUT2D eigenvalue weighted by molar-refractivity contribution is 5.61. The maximum atomic E-state index is 6.54. The second-order valence-electron chi connectivity index (χ2n) is 10.8. The fourth-order valence-corrected chi connectivity index (χ4v) is 5.59. The van der Waals surface area contributed by atoms with Crippen LogP contribution in [0.3, 0.4) is 0 Å². The van der Waals surface area contributed by atoms with Crippen molar-refractivity contribution in [2.75, 3.05) is 64.6 Å². The molecule has 220 valence electrons. The summed E-state index contributed by atoms with van der Waals surface area (Å²) in [4.78, 5) is 2.40. The quantitative estimate of drug-likeness (QED) is 0.252. The molecule has 0 saturated carbocycles. The van der Waals surface area contributed by atoms with E-state index in [1.54, 1.807) is 7.11 Å². The monoisotopic (exact) mass is 560 g/mol. The molecule has 41 heavy (non-hydrogen) atoms. The molecule has 7 nitrogen and oxygen atoms in total. The third kappa shape index (κ3) is 8.15. The maximum absolute atomic E-state index is 6.54. The van der Waals surface area contributed by atoms with Gasteiger partial charge in [0.25, 0.3) is 0 Å². The Labute approximate surface area is 244 Å². The van der Waals surface area contributed by atoms with E-state index in [9.17, 15) is 0 Å². The Morgan fingerprint density at radius 1 is 0.951 bits per heavy atom. The lowest BCUT2D eigenvalue weighted by molar-refractivity contribution is 0.0106. The van der Waals surface area contributed by atoms with Gasteiger partial charge in [-0.2, -0.15) is 0 Å². The zero-order valence-electron chi connectivity index (χ0n) is 24.5. The lowest BCUT2D eigenvalue weighted by atomic mass is 9.87. The SMILES string of the molecule is COCCCN1CCOc2ccc(COC3CNCCC3c3ccc(OCCCOc4ccccc4C)cc3)cc21. The van der Waals surface area contributed by atoms with Crippen LogP contribution in [0.4, 0.5) is 5.69 Å². The van der Waals surface area contributed by atoms with Gasteiger partial charge in [-0.25, -0.2) is 0 Å². The van der Waals surface area contributed by atoms with Crippen molar-refractivity contribution in [2.45, 2.75) is 44.8 Å². The highest BCUT2D eigenvalue weighted by Crippen LogP contribution is 2.34. The first kappa shape index (κ1) is 29.2. The predicted octanol–water partition coefficient (Wildman–Crippen LogP) is 5.74. The number of hydrogen-bond donors (Lipinski definition) is 1.